The highest BCUT2D eigenvalue weighted by Gasteiger charge is 2.11. The Bertz CT molecular complexity index is 907. The molecule has 0 saturated carbocycles. The molecule has 6 heteroatoms. The smallest absolute Gasteiger partial charge is 0.255 e. The van der Waals surface area contributed by atoms with E-state index < -0.39 is 0 Å². The van der Waals surface area contributed by atoms with Gasteiger partial charge in [0.15, 0.2) is 0 Å². The van der Waals surface area contributed by atoms with Crippen LogP contribution in [0, 0.1) is 11.3 Å². The summed E-state index contributed by atoms with van der Waals surface area (Å²) < 4.78 is 0. The van der Waals surface area contributed by atoms with Crippen molar-refractivity contribution in [1.29, 1.82) is 5.26 Å². The van der Waals surface area contributed by atoms with E-state index in [2.05, 4.69) is 21.4 Å². The number of carbonyl (C=O) groups excluding carboxylic acids is 1. The van der Waals surface area contributed by atoms with Crippen molar-refractivity contribution in [2.45, 2.75) is 6.42 Å². The second kappa shape index (κ2) is 6.30. The molecule has 0 bridgehead atoms. The quantitative estimate of drug-likeness (QED) is 0.686. The van der Waals surface area contributed by atoms with E-state index in [1.807, 2.05) is 6.07 Å². The highest BCUT2D eigenvalue weighted by molar-refractivity contribution is 6.08. The molecule has 2 aromatic heterocycles. The Hall–Kier alpha value is -3.17. The number of nitrogens with zero attached hydrogens (tertiary/aromatic N) is 2. The number of benzene rings is 1. The Morgan fingerprint density at radius 1 is 1.35 bits per heavy atom. The van der Waals surface area contributed by atoms with Crippen molar-refractivity contribution >= 4 is 22.6 Å². The molecule has 0 unspecified atom stereocenters. The Morgan fingerprint density at radius 3 is 3.00 bits per heavy atom. The number of aromatic amines is 1. The summed E-state index contributed by atoms with van der Waals surface area (Å²) in [4.78, 5) is 19.6. The first-order chi connectivity index (χ1) is 11.2. The van der Waals surface area contributed by atoms with Gasteiger partial charge in [-0.05, 0) is 42.8 Å². The van der Waals surface area contributed by atoms with Crippen LogP contribution in [0.2, 0.25) is 0 Å². The van der Waals surface area contributed by atoms with Crippen LogP contribution < -0.4 is 11.1 Å². The zero-order valence-electron chi connectivity index (χ0n) is 12.3. The molecule has 3 aromatic rings. The molecule has 0 aliphatic heterocycles. The summed E-state index contributed by atoms with van der Waals surface area (Å²) in [6.45, 7) is 0.461. The predicted molar refractivity (Wildman–Crippen MR) is 88.0 cm³/mol. The molecule has 0 fully saturated rings. The number of amides is 1. The van der Waals surface area contributed by atoms with Crippen LogP contribution in [0.5, 0.6) is 0 Å². The van der Waals surface area contributed by atoms with E-state index in [-0.39, 0.29) is 5.91 Å². The first kappa shape index (κ1) is 14.8. The fraction of sp³-hybridized carbons (Fsp3) is 0.118. The van der Waals surface area contributed by atoms with Crippen LogP contribution >= 0.6 is 0 Å². The SMILES string of the molecule is N#Cc1cc(C(=O)Nc2ccnc3[nH]ccc23)ccc1CCN. The third-order valence-electron chi connectivity index (χ3n) is 3.61. The lowest BCUT2D eigenvalue weighted by Gasteiger charge is -2.08. The summed E-state index contributed by atoms with van der Waals surface area (Å²) in [5, 5.41) is 12.9. The fourth-order valence-electron chi connectivity index (χ4n) is 2.46. The average Bonchev–Trinajstić information content (AvgIpc) is 3.05. The lowest BCUT2D eigenvalue weighted by molar-refractivity contribution is 0.102. The highest BCUT2D eigenvalue weighted by atomic mass is 16.1. The molecule has 0 atom stereocenters. The van der Waals surface area contributed by atoms with Crippen LogP contribution in [0.25, 0.3) is 11.0 Å². The Balaban J connectivity index is 1.89. The first-order valence-corrected chi connectivity index (χ1v) is 7.19. The zero-order chi connectivity index (χ0) is 16.2. The maximum Gasteiger partial charge on any atom is 0.255 e. The Morgan fingerprint density at radius 2 is 2.22 bits per heavy atom. The summed E-state index contributed by atoms with van der Waals surface area (Å²) in [6, 6.07) is 10.8. The molecular formula is C17H15N5O. The number of pyridine rings is 1. The van der Waals surface area contributed by atoms with Gasteiger partial charge in [-0.15, -0.1) is 0 Å². The average molecular weight is 305 g/mol. The van der Waals surface area contributed by atoms with E-state index in [4.69, 9.17) is 5.73 Å². The van der Waals surface area contributed by atoms with Crippen molar-refractivity contribution in [1.82, 2.24) is 9.97 Å². The molecule has 114 valence electrons. The molecule has 4 N–H and O–H groups in total. The molecule has 1 aromatic carbocycles. The van der Waals surface area contributed by atoms with Crippen molar-refractivity contribution in [2.24, 2.45) is 5.73 Å². The number of nitrogens with one attached hydrogen (secondary N) is 2. The van der Waals surface area contributed by atoms with E-state index >= 15 is 0 Å². The summed E-state index contributed by atoms with van der Waals surface area (Å²) in [5.41, 5.74) is 8.67. The number of H-pyrrole nitrogens is 1. The molecule has 2 heterocycles. The standard InChI is InChI=1S/C17H15N5O/c18-6-3-11-1-2-12(9-13(11)10-19)17(23)22-15-5-8-21-16-14(15)4-7-20-16/h1-2,4-5,7-9H,3,6,18H2,(H2,20,21,22,23). The monoisotopic (exact) mass is 305 g/mol. The second-order valence-electron chi connectivity index (χ2n) is 5.07. The summed E-state index contributed by atoms with van der Waals surface area (Å²) in [7, 11) is 0. The van der Waals surface area contributed by atoms with Gasteiger partial charge in [-0.3, -0.25) is 4.79 Å². The number of hydrogen-bond acceptors (Lipinski definition) is 4. The van der Waals surface area contributed by atoms with Gasteiger partial charge in [-0.2, -0.15) is 5.26 Å². The molecule has 0 aliphatic rings. The number of fused-ring (bicyclic) bond motifs is 1. The van der Waals surface area contributed by atoms with Crippen molar-refractivity contribution in [3.05, 3.63) is 59.4 Å². The normalized spacial score (nSPS) is 10.4. The topological polar surface area (TPSA) is 108 Å². The molecule has 23 heavy (non-hydrogen) atoms. The van der Waals surface area contributed by atoms with Gasteiger partial charge < -0.3 is 16.0 Å². The molecule has 6 nitrogen and oxygen atoms in total. The maximum atomic E-state index is 12.4. The van der Waals surface area contributed by atoms with Crippen molar-refractivity contribution < 1.29 is 4.79 Å². The largest absolute Gasteiger partial charge is 0.346 e. The molecule has 0 saturated heterocycles. The second-order valence-corrected chi connectivity index (χ2v) is 5.07. The summed E-state index contributed by atoms with van der Waals surface area (Å²) >= 11 is 0. The van der Waals surface area contributed by atoms with Crippen LogP contribution in [0.1, 0.15) is 21.5 Å². The Labute approximate surface area is 133 Å². The molecule has 0 spiro atoms. The summed E-state index contributed by atoms with van der Waals surface area (Å²) in [6.07, 6.45) is 4.00. The van der Waals surface area contributed by atoms with E-state index in [9.17, 15) is 10.1 Å². The van der Waals surface area contributed by atoms with Gasteiger partial charge in [0.1, 0.15) is 5.65 Å². The number of nitriles is 1. The van der Waals surface area contributed by atoms with Crippen molar-refractivity contribution in [3.8, 4) is 6.07 Å². The van der Waals surface area contributed by atoms with E-state index in [0.717, 1.165) is 10.9 Å². The number of rotatable bonds is 4. The van der Waals surface area contributed by atoms with E-state index in [0.29, 0.717) is 35.4 Å². The van der Waals surface area contributed by atoms with Gasteiger partial charge in [0.25, 0.3) is 5.91 Å². The minimum absolute atomic E-state index is 0.269. The molecule has 0 radical (unpaired) electrons. The van der Waals surface area contributed by atoms with Gasteiger partial charge >= 0.3 is 0 Å². The number of anilines is 1. The molecule has 0 aliphatic carbocycles. The number of aromatic nitrogens is 2. The van der Waals surface area contributed by atoms with E-state index in [1.165, 1.54) is 0 Å². The van der Waals surface area contributed by atoms with Crippen LogP contribution in [0.4, 0.5) is 5.69 Å². The maximum absolute atomic E-state index is 12.4. The van der Waals surface area contributed by atoms with Crippen LogP contribution in [-0.2, 0) is 6.42 Å². The van der Waals surface area contributed by atoms with Crippen LogP contribution in [0.3, 0.4) is 0 Å². The number of nitrogens with two attached hydrogens (primary N) is 1. The van der Waals surface area contributed by atoms with E-state index in [1.54, 1.807) is 36.7 Å². The predicted octanol–water partition coefficient (Wildman–Crippen LogP) is 2.19. The van der Waals surface area contributed by atoms with Crippen molar-refractivity contribution in [2.75, 3.05) is 11.9 Å². The van der Waals surface area contributed by atoms with Crippen LogP contribution in [0.15, 0.2) is 42.7 Å². The fourth-order valence-corrected chi connectivity index (χ4v) is 2.46. The number of hydrogen-bond donors (Lipinski definition) is 3. The van der Waals surface area contributed by atoms with Gasteiger partial charge in [0, 0.05) is 23.3 Å². The van der Waals surface area contributed by atoms with Gasteiger partial charge in [0.05, 0.1) is 17.3 Å². The minimum atomic E-state index is -0.269. The number of carbonyl (C=O) groups is 1. The third kappa shape index (κ3) is 2.91. The van der Waals surface area contributed by atoms with Gasteiger partial charge in [-0.1, -0.05) is 6.07 Å². The highest BCUT2D eigenvalue weighted by Crippen LogP contribution is 2.21. The van der Waals surface area contributed by atoms with Crippen LogP contribution in [-0.4, -0.2) is 22.4 Å². The van der Waals surface area contributed by atoms with Crippen molar-refractivity contribution in [3.63, 3.8) is 0 Å². The zero-order valence-corrected chi connectivity index (χ0v) is 12.3. The lowest BCUT2D eigenvalue weighted by atomic mass is 10.0. The first-order valence-electron chi connectivity index (χ1n) is 7.19. The molecular weight excluding hydrogens is 290 g/mol. The molecule has 1 amide bonds. The van der Waals surface area contributed by atoms with Gasteiger partial charge in [-0.25, -0.2) is 4.98 Å². The third-order valence-corrected chi connectivity index (χ3v) is 3.61. The summed E-state index contributed by atoms with van der Waals surface area (Å²) in [5.74, 6) is -0.269. The van der Waals surface area contributed by atoms with Gasteiger partial charge in [0.2, 0.25) is 0 Å². The lowest BCUT2D eigenvalue weighted by Crippen LogP contribution is -2.13. The molecule has 3 rings (SSSR count). The Kier molecular flexibility index (Phi) is 4.04. The minimum Gasteiger partial charge on any atom is -0.346 e.